The first kappa shape index (κ1) is 18.9. The summed E-state index contributed by atoms with van der Waals surface area (Å²) in [6, 6.07) is 11.8. The Balaban J connectivity index is 1.66. The number of amides is 1. The maximum absolute atomic E-state index is 12.0. The fourth-order valence-electron chi connectivity index (χ4n) is 2.28. The van der Waals surface area contributed by atoms with Gasteiger partial charge in [0.05, 0.1) is 15.5 Å². The van der Waals surface area contributed by atoms with Crippen LogP contribution in [0.5, 0.6) is 0 Å². The minimum atomic E-state index is -0.507. The Hall–Kier alpha value is -3.92. The molecule has 0 saturated carbocycles. The molecule has 0 unspecified atom stereocenters. The lowest BCUT2D eigenvalue weighted by Gasteiger charge is -1.98. The molecule has 0 aliphatic carbocycles. The van der Waals surface area contributed by atoms with Gasteiger partial charge in [0.2, 0.25) is 5.91 Å². The van der Waals surface area contributed by atoms with E-state index in [0.717, 1.165) is 0 Å². The fraction of sp³-hybridized carbons (Fsp3) is 0. The van der Waals surface area contributed by atoms with Crippen LogP contribution in [0.15, 0.2) is 60.0 Å². The summed E-state index contributed by atoms with van der Waals surface area (Å²) in [7, 11) is 0. The number of nitro benzene ring substituents is 2. The molecule has 0 aliphatic rings. The average molecular weight is 396 g/mol. The minimum Gasteiger partial charge on any atom is -0.298 e. The summed E-state index contributed by atoms with van der Waals surface area (Å²) in [5.41, 5.74) is 1.72. The zero-order valence-corrected chi connectivity index (χ0v) is 15.0. The standard InChI is InChI=1S/C18H12N4O5S/c23-17(9-4-12-2-1-3-15(10-12)22(26)27)20-18-19-16(11-28-18)13-5-7-14(8-6-13)21(24)25/h1-11H,(H,19,20,23). The van der Waals surface area contributed by atoms with Crippen LogP contribution in [0.3, 0.4) is 0 Å². The Bertz CT molecular complexity index is 1080. The van der Waals surface area contributed by atoms with E-state index in [9.17, 15) is 25.0 Å². The lowest BCUT2D eigenvalue weighted by Crippen LogP contribution is -2.07. The lowest BCUT2D eigenvalue weighted by molar-refractivity contribution is -0.385. The Kier molecular flexibility index (Phi) is 5.51. The van der Waals surface area contributed by atoms with E-state index in [1.807, 2.05) is 0 Å². The number of anilines is 1. The molecule has 3 aromatic rings. The number of thiazole rings is 1. The first-order chi connectivity index (χ1) is 13.4. The van der Waals surface area contributed by atoms with Crippen LogP contribution < -0.4 is 5.32 Å². The molecule has 2 aromatic carbocycles. The molecule has 0 spiro atoms. The number of hydrogen-bond acceptors (Lipinski definition) is 7. The molecule has 0 radical (unpaired) electrons. The third-order valence-corrected chi connectivity index (χ3v) is 4.37. The number of carbonyl (C=O) groups is 1. The monoisotopic (exact) mass is 396 g/mol. The molecule has 0 bridgehead atoms. The van der Waals surface area contributed by atoms with Gasteiger partial charge in [0.1, 0.15) is 0 Å². The Morgan fingerprint density at radius 2 is 1.75 bits per heavy atom. The maximum Gasteiger partial charge on any atom is 0.270 e. The molecule has 28 heavy (non-hydrogen) atoms. The van der Waals surface area contributed by atoms with Crippen molar-refractivity contribution in [3.05, 3.63) is 85.8 Å². The topological polar surface area (TPSA) is 128 Å². The predicted molar refractivity (Wildman–Crippen MR) is 105 cm³/mol. The van der Waals surface area contributed by atoms with Crippen LogP contribution in [0.1, 0.15) is 5.56 Å². The molecule has 1 amide bonds. The van der Waals surface area contributed by atoms with Gasteiger partial charge in [-0.15, -0.1) is 11.3 Å². The molecule has 9 nitrogen and oxygen atoms in total. The molecule has 1 heterocycles. The van der Waals surface area contributed by atoms with Crippen molar-refractivity contribution in [3.8, 4) is 11.3 Å². The molecule has 0 aliphatic heterocycles. The SMILES string of the molecule is O=C(C=Cc1cccc([N+](=O)[O-])c1)Nc1nc(-c2ccc([N+](=O)[O-])cc2)cs1. The highest BCUT2D eigenvalue weighted by atomic mass is 32.1. The highest BCUT2D eigenvalue weighted by Crippen LogP contribution is 2.26. The van der Waals surface area contributed by atoms with Gasteiger partial charge in [0.15, 0.2) is 5.13 Å². The third-order valence-electron chi connectivity index (χ3n) is 3.62. The van der Waals surface area contributed by atoms with Crippen LogP contribution in [0, 0.1) is 20.2 Å². The van der Waals surface area contributed by atoms with Crippen molar-refractivity contribution in [1.82, 2.24) is 4.98 Å². The van der Waals surface area contributed by atoms with Crippen LogP contribution in [0.2, 0.25) is 0 Å². The van der Waals surface area contributed by atoms with Gasteiger partial charge in [0, 0.05) is 41.3 Å². The van der Waals surface area contributed by atoms with Crippen LogP contribution in [-0.2, 0) is 4.79 Å². The molecule has 0 fully saturated rings. The summed E-state index contributed by atoms with van der Waals surface area (Å²) in [6.45, 7) is 0. The largest absolute Gasteiger partial charge is 0.298 e. The zero-order chi connectivity index (χ0) is 20.1. The second-order valence-corrected chi connectivity index (χ2v) is 6.37. The van der Waals surface area contributed by atoms with Gasteiger partial charge in [-0.05, 0) is 23.8 Å². The molecular weight excluding hydrogens is 384 g/mol. The van der Waals surface area contributed by atoms with E-state index < -0.39 is 15.8 Å². The number of nitrogens with one attached hydrogen (secondary N) is 1. The summed E-state index contributed by atoms with van der Waals surface area (Å²) in [4.78, 5) is 36.8. The van der Waals surface area contributed by atoms with Crippen molar-refractivity contribution in [2.24, 2.45) is 0 Å². The van der Waals surface area contributed by atoms with Gasteiger partial charge >= 0.3 is 0 Å². The normalized spacial score (nSPS) is 10.7. The first-order valence-corrected chi connectivity index (χ1v) is 8.74. The smallest absolute Gasteiger partial charge is 0.270 e. The van der Waals surface area contributed by atoms with Crippen LogP contribution in [0.25, 0.3) is 17.3 Å². The van der Waals surface area contributed by atoms with Crippen molar-refractivity contribution < 1.29 is 14.6 Å². The number of benzene rings is 2. The van der Waals surface area contributed by atoms with Crippen molar-refractivity contribution in [2.75, 3.05) is 5.32 Å². The third kappa shape index (κ3) is 4.62. The summed E-state index contributed by atoms with van der Waals surface area (Å²) in [5, 5.41) is 26.2. The van der Waals surface area contributed by atoms with Crippen molar-refractivity contribution in [2.45, 2.75) is 0 Å². The molecule has 140 valence electrons. The van der Waals surface area contributed by atoms with Gasteiger partial charge in [-0.25, -0.2) is 4.98 Å². The fourth-order valence-corrected chi connectivity index (χ4v) is 3.00. The Labute approximate surface area is 162 Å². The summed E-state index contributed by atoms with van der Waals surface area (Å²) >= 11 is 1.21. The number of nitro groups is 2. The predicted octanol–water partition coefficient (Wildman–Crippen LogP) is 4.28. The van der Waals surface area contributed by atoms with E-state index in [2.05, 4.69) is 10.3 Å². The second kappa shape index (κ2) is 8.18. The van der Waals surface area contributed by atoms with Gasteiger partial charge in [0.25, 0.3) is 11.4 Å². The summed E-state index contributed by atoms with van der Waals surface area (Å²) < 4.78 is 0. The lowest BCUT2D eigenvalue weighted by atomic mass is 10.1. The van der Waals surface area contributed by atoms with Crippen LogP contribution in [-0.4, -0.2) is 20.7 Å². The molecule has 10 heteroatoms. The average Bonchev–Trinajstić information content (AvgIpc) is 3.15. The molecule has 1 N–H and O–H groups in total. The van der Waals surface area contributed by atoms with Crippen LogP contribution in [0.4, 0.5) is 16.5 Å². The first-order valence-electron chi connectivity index (χ1n) is 7.86. The minimum absolute atomic E-state index is 0.0150. The van der Waals surface area contributed by atoms with E-state index >= 15 is 0 Å². The Morgan fingerprint density at radius 3 is 2.43 bits per heavy atom. The molecular formula is C18H12N4O5S. The Morgan fingerprint density at radius 1 is 1.04 bits per heavy atom. The van der Waals surface area contributed by atoms with E-state index in [0.29, 0.717) is 22.0 Å². The van der Waals surface area contributed by atoms with Gasteiger partial charge < -0.3 is 0 Å². The van der Waals surface area contributed by atoms with Crippen molar-refractivity contribution in [3.63, 3.8) is 0 Å². The highest BCUT2D eigenvalue weighted by molar-refractivity contribution is 7.14. The number of hydrogen-bond donors (Lipinski definition) is 1. The van der Waals surface area contributed by atoms with E-state index in [4.69, 9.17) is 0 Å². The number of carbonyl (C=O) groups excluding carboxylic acids is 1. The quantitative estimate of drug-likeness (QED) is 0.376. The molecule has 1 aromatic heterocycles. The van der Waals surface area contributed by atoms with Crippen molar-refractivity contribution in [1.29, 1.82) is 0 Å². The van der Waals surface area contributed by atoms with E-state index in [1.54, 1.807) is 23.6 Å². The van der Waals surface area contributed by atoms with Crippen molar-refractivity contribution >= 4 is 39.8 Å². The molecule has 0 atom stereocenters. The summed E-state index contributed by atoms with van der Waals surface area (Å²) in [5.74, 6) is -0.434. The van der Waals surface area contributed by atoms with E-state index in [-0.39, 0.29) is 11.4 Å². The second-order valence-electron chi connectivity index (χ2n) is 5.52. The number of nitrogens with zero attached hydrogens (tertiary/aromatic N) is 3. The van der Waals surface area contributed by atoms with Gasteiger partial charge in [-0.1, -0.05) is 12.1 Å². The van der Waals surface area contributed by atoms with Crippen LogP contribution >= 0.6 is 11.3 Å². The molecule has 3 rings (SSSR count). The maximum atomic E-state index is 12.0. The highest BCUT2D eigenvalue weighted by Gasteiger charge is 2.09. The molecule has 0 saturated heterocycles. The number of rotatable bonds is 6. The zero-order valence-electron chi connectivity index (χ0n) is 14.1. The number of aromatic nitrogens is 1. The number of non-ortho nitro benzene ring substituents is 2. The summed E-state index contributed by atoms with van der Waals surface area (Å²) in [6.07, 6.45) is 2.72. The van der Waals surface area contributed by atoms with Gasteiger partial charge in [-0.3, -0.25) is 30.3 Å². The van der Waals surface area contributed by atoms with Gasteiger partial charge in [-0.2, -0.15) is 0 Å². The van der Waals surface area contributed by atoms with E-state index in [1.165, 1.54) is 53.8 Å².